The number of piperazine rings is 1. The summed E-state index contributed by atoms with van der Waals surface area (Å²) >= 11 is 0. The van der Waals surface area contributed by atoms with Crippen LogP contribution < -0.4 is 16.4 Å². The van der Waals surface area contributed by atoms with Crippen molar-refractivity contribution in [2.45, 2.75) is 19.0 Å². The first-order valence-corrected chi connectivity index (χ1v) is 3.44. The van der Waals surface area contributed by atoms with E-state index < -0.39 is 11.9 Å². The molecule has 11 heavy (non-hydrogen) atoms. The summed E-state index contributed by atoms with van der Waals surface area (Å²) in [6, 6.07) is -0.760. The van der Waals surface area contributed by atoms with E-state index in [4.69, 9.17) is 5.73 Å². The van der Waals surface area contributed by atoms with Crippen LogP contribution in [-0.2, 0) is 9.59 Å². The van der Waals surface area contributed by atoms with E-state index >= 15 is 0 Å². The lowest BCUT2D eigenvalue weighted by molar-refractivity contribution is -0.132. The van der Waals surface area contributed by atoms with Crippen molar-refractivity contribution in [3.05, 3.63) is 0 Å². The Morgan fingerprint density at radius 1 is 1.73 bits per heavy atom. The molecule has 1 rings (SSSR count). The molecule has 4 N–H and O–H groups in total. The van der Waals surface area contributed by atoms with Gasteiger partial charge in [-0.2, -0.15) is 0 Å². The molecule has 0 spiro atoms. The number of hydrogen-bond acceptors (Lipinski definition) is 3. The molecule has 5 heteroatoms. The molecule has 0 bridgehead atoms. The highest BCUT2D eigenvalue weighted by Crippen LogP contribution is 1.93. The smallest absolute Gasteiger partial charge is 0.246 e. The molecule has 2 unspecified atom stereocenters. The predicted octanol–water partition coefficient (Wildman–Crippen LogP) is -2.05. The van der Waals surface area contributed by atoms with E-state index in [1.165, 1.54) is 0 Å². The van der Waals surface area contributed by atoms with Crippen LogP contribution in [0.1, 0.15) is 6.92 Å². The Kier molecular flexibility index (Phi) is 2.09. The van der Waals surface area contributed by atoms with Crippen LogP contribution in [0.2, 0.25) is 0 Å². The summed E-state index contributed by atoms with van der Waals surface area (Å²) in [6.45, 7) is 2.41. The zero-order valence-corrected chi connectivity index (χ0v) is 6.26. The van der Waals surface area contributed by atoms with E-state index in [2.05, 4.69) is 10.6 Å². The first-order valence-electron chi connectivity index (χ1n) is 3.44. The molecule has 2 amide bonds. The van der Waals surface area contributed by atoms with Crippen molar-refractivity contribution < 1.29 is 9.59 Å². The van der Waals surface area contributed by atoms with Crippen molar-refractivity contribution in [3.8, 4) is 0 Å². The Labute approximate surface area is 64.3 Å². The van der Waals surface area contributed by atoms with E-state index in [9.17, 15) is 9.59 Å². The molecule has 0 aromatic heterocycles. The van der Waals surface area contributed by atoms with Crippen LogP contribution in [0.15, 0.2) is 0 Å². The molecule has 0 aromatic rings. The van der Waals surface area contributed by atoms with Crippen molar-refractivity contribution in [2.75, 3.05) is 6.54 Å². The van der Waals surface area contributed by atoms with Gasteiger partial charge in [0.2, 0.25) is 11.8 Å². The molecular formula is C6H11N3O2. The number of carbonyl (C=O) groups is 2. The maximum Gasteiger partial charge on any atom is 0.246 e. The second kappa shape index (κ2) is 2.87. The summed E-state index contributed by atoms with van der Waals surface area (Å²) in [7, 11) is 0. The highest BCUT2D eigenvalue weighted by atomic mass is 16.2. The second-order valence-electron chi connectivity index (χ2n) is 2.65. The van der Waals surface area contributed by atoms with Crippen LogP contribution >= 0.6 is 0 Å². The van der Waals surface area contributed by atoms with Crippen LogP contribution in [0.25, 0.3) is 0 Å². The monoisotopic (exact) mass is 157 g/mol. The fraction of sp³-hybridized carbons (Fsp3) is 0.667. The highest BCUT2D eigenvalue weighted by molar-refractivity contribution is 6.04. The minimum absolute atomic E-state index is 0.102. The van der Waals surface area contributed by atoms with Gasteiger partial charge < -0.3 is 11.1 Å². The molecule has 2 atom stereocenters. The predicted molar refractivity (Wildman–Crippen MR) is 38.6 cm³/mol. The number of nitrogens with two attached hydrogens (primary N) is 1. The van der Waals surface area contributed by atoms with Gasteiger partial charge >= 0.3 is 0 Å². The molecule has 1 heterocycles. The normalized spacial score (nSPS) is 31.2. The average molecular weight is 157 g/mol. The van der Waals surface area contributed by atoms with Gasteiger partial charge in [-0.05, 0) is 6.92 Å². The molecule has 1 aliphatic heterocycles. The van der Waals surface area contributed by atoms with Gasteiger partial charge in [-0.1, -0.05) is 0 Å². The maximum absolute atomic E-state index is 10.9. The lowest BCUT2D eigenvalue weighted by Gasteiger charge is -2.26. The fourth-order valence-corrected chi connectivity index (χ4v) is 0.986. The van der Waals surface area contributed by atoms with E-state index in [0.29, 0.717) is 6.54 Å². The van der Waals surface area contributed by atoms with E-state index in [0.717, 1.165) is 0 Å². The van der Waals surface area contributed by atoms with Gasteiger partial charge in [-0.15, -0.1) is 0 Å². The summed E-state index contributed by atoms with van der Waals surface area (Å²) in [4.78, 5) is 21.5. The molecule has 0 aromatic carbocycles. The van der Waals surface area contributed by atoms with Crippen LogP contribution in [0, 0.1) is 0 Å². The number of nitrogens with one attached hydrogen (secondary N) is 2. The Hall–Kier alpha value is -1.10. The van der Waals surface area contributed by atoms with Crippen LogP contribution in [0.4, 0.5) is 0 Å². The topological polar surface area (TPSA) is 84.2 Å². The number of amides is 2. The van der Waals surface area contributed by atoms with Crippen molar-refractivity contribution in [2.24, 2.45) is 5.73 Å². The summed E-state index contributed by atoms with van der Waals surface area (Å²) in [5.41, 5.74) is 4.96. The highest BCUT2D eigenvalue weighted by Gasteiger charge is 2.29. The molecule has 0 saturated carbocycles. The van der Waals surface area contributed by atoms with Gasteiger partial charge in [0.1, 0.15) is 0 Å². The average Bonchev–Trinajstić information content (AvgIpc) is 1.94. The molecule has 1 fully saturated rings. The van der Waals surface area contributed by atoms with Gasteiger partial charge in [0.15, 0.2) is 6.04 Å². The molecule has 1 saturated heterocycles. The van der Waals surface area contributed by atoms with Crippen molar-refractivity contribution >= 4 is 11.8 Å². The van der Waals surface area contributed by atoms with Gasteiger partial charge in [0, 0.05) is 12.6 Å². The summed E-state index contributed by atoms with van der Waals surface area (Å²) in [5, 5.41) is 5.34. The molecule has 0 aliphatic carbocycles. The molecule has 1 aliphatic rings. The quantitative estimate of drug-likeness (QED) is 0.383. The first kappa shape index (κ1) is 8.00. The van der Waals surface area contributed by atoms with Gasteiger partial charge in [-0.3, -0.25) is 14.9 Å². The van der Waals surface area contributed by atoms with Crippen LogP contribution in [0.5, 0.6) is 0 Å². The van der Waals surface area contributed by atoms with Crippen LogP contribution in [0.3, 0.4) is 0 Å². The van der Waals surface area contributed by atoms with E-state index in [-0.39, 0.29) is 11.9 Å². The summed E-state index contributed by atoms with van der Waals surface area (Å²) in [5.74, 6) is -0.968. The van der Waals surface area contributed by atoms with Gasteiger partial charge in [0.25, 0.3) is 0 Å². The van der Waals surface area contributed by atoms with Crippen molar-refractivity contribution in [3.63, 3.8) is 0 Å². The maximum atomic E-state index is 10.9. The number of hydrogen-bond donors (Lipinski definition) is 3. The summed E-state index contributed by atoms with van der Waals surface area (Å²) < 4.78 is 0. The molecule has 0 radical (unpaired) electrons. The zero-order valence-electron chi connectivity index (χ0n) is 6.26. The van der Waals surface area contributed by atoms with Gasteiger partial charge in [-0.25, -0.2) is 0 Å². The SMILES string of the molecule is CC1CNC(=O)C(C(N)=O)N1. The summed E-state index contributed by atoms with van der Waals surface area (Å²) in [6.07, 6.45) is 0. The lowest BCUT2D eigenvalue weighted by atomic mass is 10.1. The second-order valence-corrected chi connectivity index (χ2v) is 2.65. The molecule has 62 valence electrons. The number of rotatable bonds is 1. The van der Waals surface area contributed by atoms with E-state index in [1.54, 1.807) is 0 Å². The molecular weight excluding hydrogens is 146 g/mol. The lowest BCUT2D eigenvalue weighted by Crippen LogP contribution is -2.61. The third-order valence-corrected chi connectivity index (χ3v) is 1.58. The zero-order chi connectivity index (χ0) is 8.43. The third-order valence-electron chi connectivity index (χ3n) is 1.58. The first-order chi connectivity index (χ1) is 5.11. The molecule has 5 nitrogen and oxygen atoms in total. The van der Waals surface area contributed by atoms with E-state index in [1.807, 2.05) is 6.92 Å². The number of primary amides is 1. The Morgan fingerprint density at radius 3 is 2.82 bits per heavy atom. The largest absolute Gasteiger partial charge is 0.368 e. The van der Waals surface area contributed by atoms with Crippen molar-refractivity contribution in [1.82, 2.24) is 10.6 Å². The minimum Gasteiger partial charge on any atom is -0.368 e. The minimum atomic E-state index is -0.862. The fourth-order valence-electron chi connectivity index (χ4n) is 0.986. The third kappa shape index (κ3) is 1.68. The Bertz CT molecular complexity index is 192. The van der Waals surface area contributed by atoms with Crippen molar-refractivity contribution in [1.29, 1.82) is 0 Å². The van der Waals surface area contributed by atoms with Crippen LogP contribution in [-0.4, -0.2) is 30.4 Å². The van der Waals surface area contributed by atoms with Gasteiger partial charge in [0.05, 0.1) is 0 Å². The number of carbonyl (C=O) groups excluding carboxylic acids is 2. The Balaban J connectivity index is 2.61. The Morgan fingerprint density at radius 2 is 2.36 bits per heavy atom. The standard InChI is InChI=1S/C6H11N3O2/c1-3-2-8-6(11)4(9-3)5(7)10/h3-4,9H,2H2,1H3,(H2,7,10)(H,8,11).